The lowest BCUT2D eigenvalue weighted by Gasteiger charge is -2.29. The van der Waals surface area contributed by atoms with Crippen molar-refractivity contribution >= 4 is 52.2 Å². The summed E-state index contributed by atoms with van der Waals surface area (Å²) in [4.78, 5) is 55.2. The molecule has 16 heteroatoms. The van der Waals surface area contributed by atoms with E-state index in [1.54, 1.807) is 0 Å². The number of aromatic nitrogens is 1. The molecular weight excluding hydrogens is 660 g/mol. The van der Waals surface area contributed by atoms with E-state index < -0.39 is 81.1 Å². The maximum absolute atomic E-state index is 13.8. The van der Waals surface area contributed by atoms with Crippen LogP contribution < -0.4 is 19.8 Å². The van der Waals surface area contributed by atoms with Gasteiger partial charge in [-0.3, -0.25) is 19.2 Å². The highest BCUT2D eigenvalue weighted by Gasteiger charge is 2.57. The van der Waals surface area contributed by atoms with Gasteiger partial charge in [0.25, 0.3) is 5.91 Å². The highest BCUT2D eigenvalue weighted by molar-refractivity contribution is 8.00. The number of ether oxygens (including phenoxy) is 1. The van der Waals surface area contributed by atoms with Crippen molar-refractivity contribution in [2.75, 3.05) is 16.8 Å². The number of hydrogen-bond donors (Lipinski definition) is 2. The monoisotopic (exact) mass is 679 g/mol. The zero-order valence-electron chi connectivity index (χ0n) is 22.9. The second-order valence-corrected chi connectivity index (χ2v) is 12.4. The Bertz CT molecular complexity index is 1900. The van der Waals surface area contributed by atoms with Gasteiger partial charge in [0.05, 0.1) is 33.4 Å². The Kier molecular flexibility index (Phi) is 7.96. The number of fused-ring (bicyclic) bond motifs is 2. The average Bonchev–Trinajstić information content (AvgIpc) is 3.49. The average molecular weight is 680 g/mol. The van der Waals surface area contributed by atoms with Crippen LogP contribution in [0.5, 0.6) is 5.75 Å². The summed E-state index contributed by atoms with van der Waals surface area (Å²) in [6.07, 6.45) is -9.52. The van der Waals surface area contributed by atoms with Gasteiger partial charge in [0, 0.05) is 10.8 Å². The predicted octanol–water partition coefficient (Wildman–Crippen LogP) is 6.29. The zero-order chi connectivity index (χ0) is 33.0. The zero-order valence-corrected chi connectivity index (χ0v) is 24.6. The molecule has 3 atom stereocenters. The molecule has 238 valence electrons. The van der Waals surface area contributed by atoms with Crippen LogP contribution in [-0.4, -0.2) is 34.6 Å². The summed E-state index contributed by atoms with van der Waals surface area (Å²) in [6.45, 7) is -0.638. The Morgan fingerprint density at radius 2 is 1.48 bits per heavy atom. The van der Waals surface area contributed by atoms with E-state index in [4.69, 9.17) is 4.74 Å². The lowest BCUT2D eigenvalue weighted by atomic mass is 9.83. The van der Waals surface area contributed by atoms with E-state index in [2.05, 4.69) is 10.3 Å². The predicted molar refractivity (Wildman–Crippen MR) is 156 cm³/mol. The second kappa shape index (κ2) is 11.7. The van der Waals surface area contributed by atoms with Crippen LogP contribution in [0.2, 0.25) is 0 Å². The van der Waals surface area contributed by atoms with E-state index in [0.717, 1.165) is 53.4 Å². The summed E-state index contributed by atoms with van der Waals surface area (Å²) in [5.41, 5.74) is -2.76. The molecule has 46 heavy (non-hydrogen) atoms. The number of nitrogens with zero attached hydrogens (tertiary/aromatic N) is 1. The van der Waals surface area contributed by atoms with Crippen molar-refractivity contribution in [2.24, 2.45) is 5.92 Å². The Hall–Kier alpha value is -4.57. The smallest absolute Gasteiger partial charge is 0.418 e. The van der Waals surface area contributed by atoms with Crippen LogP contribution in [0.25, 0.3) is 0 Å². The van der Waals surface area contributed by atoms with Crippen LogP contribution in [-0.2, 0) is 26.7 Å². The van der Waals surface area contributed by atoms with Crippen molar-refractivity contribution in [3.05, 3.63) is 104 Å². The van der Waals surface area contributed by atoms with Crippen molar-refractivity contribution in [3.8, 4) is 5.75 Å². The number of halogens is 6. The van der Waals surface area contributed by atoms with E-state index in [0.29, 0.717) is 20.4 Å². The van der Waals surface area contributed by atoms with Gasteiger partial charge in [0.2, 0.25) is 11.8 Å². The van der Waals surface area contributed by atoms with Crippen LogP contribution in [0.4, 0.5) is 37.7 Å². The van der Waals surface area contributed by atoms with E-state index >= 15 is 0 Å². The van der Waals surface area contributed by atoms with Crippen molar-refractivity contribution in [2.45, 2.75) is 28.5 Å². The number of thiazole rings is 1. The number of amides is 3. The molecule has 6 rings (SSSR count). The number of para-hydroxylation sites is 2. The summed E-state index contributed by atoms with van der Waals surface area (Å²) in [5, 5.41) is 1.36. The maximum Gasteiger partial charge on any atom is 0.418 e. The molecule has 1 aromatic heterocycles. The SMILES string of the molecule is O=C(COc1ccc([C@H]2c3sc(=O)[nH]c3SC3C(=O)N(c4ccccc4C(F)(F)F)C(=O)C32)cc1)Nc1ccccc1C(F)(F)F. The van der Waals surface area contributed by atoms with Crippen LogP contribution in [0, 0.1) is 5.92 Å². The number of thioether (sulfide) groups is 1. The molecule has 3 amide bonds. The molecule has 0 aliphatic carbocycles. The normalized spacial score (nSPS) is 19.5. The first-order valence-corrected chi connectivity index (χ1v) is 15.1. The largest absolute Gasteiger partial charge is 0.484 e. The fourth-order valence-corrected chi connectivity index (χ4v) is 7.98. The minimum atomic E-state index is -4.84. The molecule has 3 heterocycles. The van der Waals surface area contributed by atoms with Gasteiger partial charge in [-0.15, -0.1) is 0 Å². The fraction of sp³-hybridized carbons (Fsp3) is 0.200. The third kappa shape index (κ3) is 5.77. The minimum absolute atomic E-state index is 0.141. The van der Waals surface area contributed by atoms with Gasteiger partial charge < -0.3 is 15.0 Å². The number of aromatic amines is 1. The summed E-state index contributed by atoms with van der Waals surface area (Å²) >= 11 is 1.72. The molecule has 4 aromatic rings. The number of carbonyl (C=O) groups excluding carboxylic acids is 3. The van der Waals surface area contributed by atoms with Crippen molar-refractivity contribution in [3.63, 3.8) is 0 Å². The first kappa shape index (κ1) is 31.4. The molecule has 2 aliphatic heterocycles. The standard InChI is InChI=1S/C30H19F6N3O5S2/c31-29(32,33)16-5-1-3-7-18(16)37-20(40)13-44-15-11-9-14(10-12-15)21-22-24(45-25-23(21)46-28(43)38-25)27(42)39(26(22)41)19-8-4-2-6-17(19)30(34,35)36/h1-12,21-22,24H,13H2,(H,37,40)(H,38,43)/t21-,22?,24?/m1/s1. The van der Waals surface area contributed by atoms with Crippen LogP contribution in [0.1, 0.15) is 27.5 Å². The van der Waals surface area contributed by atoms with E-state index in [9.17, 15) is 45.5 Å². The van der Waals surface area contributed by atoms with Gasteiger partial charge in [-0.05, 0) is 42.0 Å². The third-order valence-electron chi connectivity index (χ3n) is 7.39. The van der Waals surface area contributed by atoms with Crippen molar-refractivity contribution in [1.29, 1.82) is 0 Å². The number of carbonyl (C=O) groups is 3. The molecule has 2 unspecified atom stereocenters. The number of hydrogen-bond acceptors (Lipinski definition) is 7. The number of benzene rings is 3. The van der Waals surface area contributed by atoms with Crippen molar-refractivity contribution < 1.29 is 45.5 Å². The van der Waals surface area contributed by atoms with Gasteiger partial charge in [-0.2, -0.15) is 26.3 Å². The third-order valence-corrected chi connectivity index (χ3v) is 9.79. The number of nitrogens with one attached hydrogen (secondary N) is 2. The van der Waals surface area contributed by atoms with Gasteiger partial charge in [-0.25, -0.2) is 4.90 Å². The van der Waals surface area contributed by atoms with Gasteiger partial charge >= 0.3 is 17.2 Å². The lowest BCUT2D eigenvalue weighted by Crippen LogP contribution is -2.33. The molecule has 1 fully saturated rings. The molecule has 3 aromatic carbocycles. The minimum Gasteiger partial charge on any atom is -0.484 e. The number of anilines is 2. The van der Waals surface area contributed by atoms with E-state index in [1.807, 2.05) is 0 Å². The molecular formula is C30H19F6N3O5S2. The van der Waals surface area contributed by atoms with E-state index in [1.165, 1.54) is 42.5 Å². The molecule has 1 saturated heterocycles. The molecule has 0 radical (unpaired) electrons. The summed E-state index contributed by atoms with van der Waals surface area (Å²) < 4.78 is 86.7. The molecule has 0 spiro atoms. The molecule has 8 nitrogen and oxygen atoms in total. The summed E-state index contributed by atoms with van der Waals surface area (Å²) in [7, 11) is 0. The van der Waals surface area contributed by atoms with Gasteiger partial charge in [0.1, 0.15) is 11.0 Å². The quantitative estimate of drug-likeness (QED) is 0.183. The molecule has 2 aliphatic rings. The number of alkyl halides is 6. The molecule has 0 saturated carbocycles. The Morgan fingerprint density at radius 3 is 2.15 bits per heavy atom. The fourth-order valence-electron chi connectivity index (χ4n) is 5.47. The number of rotatable bonds is 6. The highest BCUT2D eigenvalue weighted by atomic mass is 32.2. The number of imide groups is 1. The van der Waals surface area contributed by atoms with Gasteiger partial charge in [-0.1, -0.05) is 59.5 Å². The van der Waals surface area contributed by atoms with Crippen LogP contribution in [0.3, 0.4) is 0 Å². The topological polar surface area (TPSA) is 109 Å². The molecule has 0 bridgehead atoms. The summed E-state index contributed by atoms with van der Waals surface area (Å²) in [6, 6.07) is 14.6. The number of H-pyrrole nitrogens is 1. The van der Waals surface area contributed by atoms with Crippen LogP contribution >= 0.6 is 23.1 Å². The van der Waals surface area contributed by atoms with Crippen LogP contribution in [0.15, 0.2) is 82.6 Å². The lowest BCUT2D eigenvalue weighted by molar-refractivity contribution is -0.138. The molecule has 2 N–H and O–H groups in total. The highest BCUT2D eigenvalue weighted by Crippen LogP contribution is 2.54. The van der Waals surface area contributed by atoms with Crippen molar-refractivity contribution in [1.82, 2.24) is 4.98 Å². The Balaban J connectivity index is 1.25. The maximum atomic E-state index is 13.8. The Morgan fingerprint density at radius 1 is 0.848 bits per heavy atom. The first-order valence-electron chi connectivity index (χ1n) is 13.4. The summed E-state index contributed by atoms with van der Waals surface area (Å²) in [5.74, 6) is -4.46. The van der Waals surface area contributed by atoms with E-state index in [-0.39, 0.29) is 5.75 Å². The van der Waals surface area contributed by atoms with Gasteiger partial charge in [0.15, 0.2) is 6.61 Å². The first-order chi connectivity index (χ1) is 21.7. The second-order valence-electron chi connectivity index (χ2n) is 10.2. The Labute approximate surface area is 263 Å².